The third-order valence-electron chi connectivity index (χ3n) is 1.86. The molecule has 14 heavy (non-hydrogen) atoms. The van der Waals surface area contributed by atoms with Crippen molar-refractivity contribution in [1.29, 1.82) is 0 Å². The molecule has 0 aromatic heterocycles. The van der Waals surface area contributed by atoms with Crippen molar-refractivity contribution in [3.8, 4) is 0 Å². The van der Waals surface area contributed by atoms with E-state index >= 15 is 0 Å². The minimum absolute atomic E-state index is 0.339. The molecule has 0 bridgehead atoms. The zero-order valence-electron chi connectivity index (χ0n) is 7.35. The molecular weight excluding hydrogens is 205 g/mol. The fourth-order valence-corrected chi connectivity index (χ4v) is 1.37. The smallest absolute Gasteiger partial charge is 0.196 e. The van der Waals surface area contributed by atoms with Gasteiger partial charge in [-0.25, -0.2) is 4.39 Å². The van der Waals surface area contributed by atoms with Crippen LogP contribution in [0, 0.1) is 5.82 Å². The van der Waals surface area contributed by atoms with Crippen LogP contribution >= 0.6 is 11.6 Å². The highest BCUT2D eigenvalue weighted by Gasteiger charge is 2.08. The highest BCUT2D eigenvalue weighted by Crippen LogP contribution is 2.19. The zero-order valence-corrected chi connectivity index (χ0v) is 8.11. The summed E-state index contributed by atoms with van der Waals surface area (Å²) in [5, 5.41) is 6.30. The van der Waals surface area contributed by atoms with Gasteiger partial charge in [0.2, 0.25) is 0 Å². The maximum absolute atomic E-state index is 13.2. The van der Waals surface area contributed by atoms with E-state index in [9.17, 15) is 4.39 Å². The van der Waals surface area contributed by atoms with Gasteiger partial charge < -0.3 is 10.6 Å². The maximum Gasteiger partial charge on any atom is 0.196 e. The van der Waals surface area contributed by atoms with Crippen molar-refractivity contribution < 1.29 is 4.39 Å². The van der Waals surface area contributed by atoms with Crippen LogP contribution in [0.4, 0.5) is 10.1 Å². The molecule has 2 N–H and O–H groups in total. The molecular formula is C9H9ClFN3. The van der Waals surface area contributed by atoms with Crippen LogP contribution in [-0.2, 0) is 0 Å². The summed E-state index contributed by atoms with van der Waals surface area (Å²) in [6, 6.07) is 4.35. The van der Waals surface area contributed by atoms with Gasteiger partial charge in [-0.1, -0.05) is 11.6 Å². The molecule has 0 radical (unpaired) electrons. The Morgan fingerprint density at radius 2 is 2.36 bits per heavy atom. The molecule has 0 amide bonds. The van der Waals surface area contributed by atoms with Gasteiger partial charge in [0.15, 0.2) is 5.96 Å². The first-order valence-corrected chi connectivity index (χ1v) is 4.64. The molecule has 3 nitrogen and oxygen atoms in total. The SMILES string of the molecule is Fc1ccc(Cl)cc1NC1=NCCN1. The number of hydrogen-bond acceptors (Lipinski definition) is 3. The number of benzene rings is 1. The molecule has 0 atom stereocenters. The summed E-state index contributed by atoms with van der Waals surface area (Å²) < 4.78 is 13.2. The topological polar surface area (TPSA) is 36.4 Å². The highest BCUT2D eigenvalue weighted by molar-refractivity contribution is 6.30. The second-order valence-electron chi connectivity index (χ2n) is 2.91. The van der Waals surface area contributed by atoms with Gasteiger partial charge in [0.05, 0.1) is 12.2 Å². The number of halogens is 2. The van der Waals surface area contributed by atoms with E-state index in [0.29, 0.717) is 23.2 Å². The number of nitrogens with one attached hydrogen (secondary N) is 2. The minimum atomic E-state index is -0.342. The standard InChI is InChI=1S/C9H9ClFN3/c10-6-1-2-7(11)8(5-6)14-9-12-3-4-13-9/h1-2,5H,3-4H2,(H2,12,13,14). The number of guanidine groups is 1. The largest absolute Gasteiger partial charge is 0.354 e. The molecule has 1 heterocycles. The quantitative estimate of drug-likeness (QED) is 0.747. The molecule has 0 spiro atoms. The summed E-state index contributed by atoms with van der Waals surface area (Å²) in [4.78, 5) is 4.09. The van der Waals surface area contributed by atoms with Gasteiger partial charge in [-0.15, -0.1) is 0 Å². The summed E-state index contributed by atoms with van der Waals surface area (Å²) in [7, 11) is 0. The van der Waals surface area contributed by atoms with Crippen molar-refractivity contribution >= 4 is 23.2 Å². The average Bonchev–Trinajstić information content (AvgIpc) is 2.64. The lowest BCUT2D eigenvalue weighted by atomic mass is 10.3. The summed E-state index contributed by atoms with van der Waals surface area (Å²) >= 11 is 5.74. The molecule has 2 rings (SSSR count). The van der Waals surface area contributed by atoms with Gasteiger partial charge >= 0.3 is 0 Å². The Kier molecular flexibility index (Phi) is 2.54. The Bertz CT molecular complexity index is 378. The van der Waals surface area contributed by atoms with E-state index in [1.807, 2.05) is 0 Å². The van der Waals surface area contributed by atoms with Crippen LogP contribution in [0.5, 0.6) is 0 Å². The Morgan fingerprint density at radius 3 is 3.07 bits per heavy atom. The fourth-order valence-electron chi connectivity index (χ4n) is 1.20. The predicted molar refractivity (Wildman–Crippen MR) is 55.3 cm³/mol. The van der Waals surface area contributed by atoms with Crippen LogP contribution in [0.25, 0.3) is 0 Å². The maximum atomic E-state index is 13.2. The number of hydrogen-bond donors (Lipinski definition) is 2. The molecule has 1 aromatic carbocycles. The van der Waals surface area contributed by atoms with Crippen LogP contribution in [0.1, 0.15) is 0 Å². The van der Waals surface area contributed by atoms with E-state index in [1.165, 1.54) is 18.2 Å². The van der Waals surface area contributed by atoms with Crippen LogP contribution < -0.4 is 10.6 Å². The molecule has 0 saturated carbocycles. The minimum Gasteiger partial charge on any atom is -0.354 e. The highest BCUT2D eigenvalue weighted by atomic mass is 35.5. The molecule has 74 valence electrons. The van der Waals surface area contributed by atoms with Gasteiger partial charge in [0, 0.05) is 11.6 Å². The van der Waals surface area contributed by atoms with Gasteiger partial charge in [-0.05, 0) is 18.2 Å². The van der Waals surface area contributed by atoms with E-state index in [-0.39, 0.29) is 5.82 Å². The van der Waals surface area contributed by atoms with Crippen LogP contribution in [0.2, 0.25) is 5.02 Å². The van der Waals surface area contributed by atoms with Crippen molar-refractivity contribution in [2.45, 2.75) is 0 Å². The van der Waals surface area contributed by atoms with Crippen molar-refractivity contribution in [3.05, 3.63) is 29.0 Å². The second-order valence-corrected chi connectivity index (χ2v) is 3.34. The first-order chi connectivity index (χ1) is 6.75. The van der Waals surface area contributed by atoms with E-state index < -0.39 is 0 Å². The fraction of sp³-hybridized carbons (Fsp3) is 0.222. The zero-order chi connectivity index (χ0) is 9.97. The van der Waals surface area contributed by atoms with Crippen LogP contribution in [-0.4, -0.2) is 19.0 Å². The Hall–Kier alpha value is -1.29. The lowest BCUT2D eigenvalue weighted by Crippen LogP contribution is -2.26. The lowest BCUT2D eigenvalue weighted by molar-refractivity contribution is 0.632. The number of nitrogens with zero attached hydrogens (tertiary/aromatic N) is 1. The molecule has 0 unspecified atom stereocenters. The molecule has 1 aliphatic heterocycles. The van der Waals surface area contributed by atoms with Crippen molar-refractivity contribution in [1.82, 2.24) is 5.32 Å². The van der Waals surface area contributed by atoms with Gasteiger partial charge in [0.25, 0.3) is 0 Å². The molecule has 1 aliphatic rings. The second kappa shape index (κ2) is 3.84. The number of rotatable bonds is 1. The third-order valence-corrected chi connectivity index (χ3v) is 2.09. The number of anilines is 1. The summed E-state index contributed by atoms with van der Waals surface area (Å²) in [6.45, 7) is 1.50. The van der Waals surface area contributed by atoms with Crippen molar-refractivity contribution in [3.63, 3.8) is 0 Å². The molecule has 1 aromatic rings. The molecule has 0 aliphatic carbocycles. The molecule has 5 heteroatoms. The average molecular weight is 214 g/mol. The van der Waals surface area contributed by atoms with Crippen LogP contribution in [0.3, 0.4) is 0 Å². The van der Waals surface area contributed by atoms with Crippen molar-refractivity contribution in [2.75, 3.05) is 18.4 Å². The van der Waals surface area contributed by atoms with Gasteiger partial charge in [0.1, 0.15) is 5.82 Å². The van der Waals surface area contributed by atoms with Crippen molar-refractivity contribution in [2.24, 2.45) is 4.99 Å². The third kappa shape index (κ3) is 1.96. The van der Waals surface area contributed by atoms with E-state index in [1.54, 1.807) is 0 Å². The molecule has 0 saturated heterocycles. The van der Waals surface area contributed by atoms with E-state index in [4.69, 9.17) is 11.6 Å². The Morgan fingerprint density at radius 1 is 1.50 bits per heavy atom. The first kappa shape index (κ1) is 9.27. The number of aliphatic imine (C=N–C) groups is 1. The summed E-state index contributed by atoms with van der Waals surface area (Å²) in [6.07, 6.45) is 0. The summed E-state index contributed by atoms with van der Waals surface area (Å²) in [5.74, 6) is 0.247. The Labute approximate surface area is 86.0 Å². The normalized spacial score (nSPS) is 14.9. The monoisotopic (exact) mass is 213 g/mol. The van der Waals surface area contributed by atoms with Gasteiger partial charge in [-0.2, -0.15) is 0 Å². The first-order valence-electron chi connectivity index (χ1n) is 4.26. The molecule has 0 fully saturated rings. The van der Waals surface area contributed by atoms with Gasteiger partial charge in [-0.3, -0.25) is 4.99 Å². The lowest BCUT2D eigenvalue weighted by Gasteiger charge is -2.07. The Balaban J connectivity index is 2.19. The van der Waals surface area contributed by atoms with E-state index in [0.717, 1.165) is 6.54 Å². The summed E-state index contributed by atoms with van der Waals surface area (Å²) in [5.41, 5.74) is 0.339. The van der Waals surface area contributed by atoms with E-state index in [2.05, 4.69) is 15.6 Å². The predicted octanol–water partition coefficient (Wildman–Crippen LogP) is 1.85. The van der Waals surface area contributed by atoms with Crippen LogP contribution in [0.15, 0.2) is 23.2 Å².